The molecule has 0 fully saturated rings. The van der Waals surface area contributed by atoms with Crippen molar-refractivity contribution in [2.24, 2.45) is 0 Å². The van der Waals surface area contributed by atoms with Gasteiger partial charge in [-0.3, -0.25) is 10.1 Å². The number of thiophene rings is 1. The van der Waals surface area contributed by atoms with Gasteiger partial charge in [-0.25, -0.2) is 0 Å². The van der Waals surface area contributed by atoms with Crippen LogP contribution in [0.2, 0.25) is 0 Å². The number of hydrogen-bond donors (Lipinski definition) is 2. The van der Waals surface area contributed by atoms with Gasteiger partial charge in [-0.1, -0.05) is 6.07 Å². The van der Waals surface area contributed by atoms with Gasteiger partial charge in [0.2, 0.25) is 0 Å². The maximum absolute atomic E-state index is 10.7. The van der Waals surface area contributed by atoms with Gasteiger partial charge in [0, 0.05) is 28.9 Å². The lowest BCUT2D eigenvalue weighted by Gasteiger charge is -2.04. The minimum atomic E-state index is -0.582. The second-order valence-corrected chi connectivity index (χ2v) is 5.57. The second-order valence-electron chi connectivity index (χ2n) is 4.20. The molecule has 0 aliphatic rings. The quantitative estimate of drug-likeness (QED) is 0.651. The maximum atomic E-state index is 10.7. The molecule has 0 bridgehead atoms. The second kappa shape index (κ2) is 5.81. The summed E-state index contributed by atoms with van der Waals surface area (Å²) in [5.74, 6) is -0.303. The van der Waals surface area contributed by atoms with E-state index < -0.39 is 4.92 Å². The summed E-state index contributed by atoms with van der Waals surface area (Å²) in [6.07, 6.45) is 0. The van der Waals surface area contributed by atoms with E-state index in [1.54, 1.807) is 17.4 Å². The summed E-state index contributed by atoms with van der Waals surface area (Å²) in [5.41, 5.74) is 0.518. The van der Waals surface area contributed by atoms with E-state index in [4.69, 9.17) is 0 Å². The highest BCUT2D eigenvalue weighted by Crippen LogP contribution is 2.26. The Hall–Kier alpha value is -1.92. The Morgan fingerprint density at radius 2 is 2.11 bits per heavy atom. The summed E-state index contributed by atoms with van der Waals surface area (Å²) >= 11 is 1.72. The fraction of sp³-hybridized carbons (Fsp3) is 0.231. The average Bonchev–Trinajstić information content (AvgIpc) is 2.77. The molecule has 1 heterocycles. The molecule has 0 amide bonds. The summed E-state index contributed by atoms with van der Waals surface area (Å²) in [5, 5.41) is 23.3. The fourth-order valence-corrected chi connectivity index (χ4v) is 2.60. The van der Waals surface area contributed by atoms with Gasteiger partial charge >= 0.3 is 5.69 Å². The molecule has 0 aliphatic heterocycles. The first-order valence-corrected chi connectivity index (χ1v) is 6.60. The van der Waals surface area contributed by atoms with Crippen LogP contribution in [0, 0.1) is 17.0 Å². The van der Waals surface area contributed by atoms with Crippen LogP contribution in [0.1, 0.15) is 15.3 Å². The van der Waals surface area contributed by atoms with E-state index in [0.717, 1.165) is 12.1 Å². The van der Waals surface area contributed by atoms with Crippen molar-refractivity contribution in [2.75, 3.05) is 0 Å². The van der Waals surface area contributed by atoms with E-state index in [2.05, 4.69) is 24.4 Å². The van der Waals surface area contributed by atoms with Crippen LogP contribution in [-0.4, -0.2) is 10.0 Å². The van der Waals surface area contributed by atoms with Gasteiger partial charge in [-0.2, -0.15) is 0 Å². The molecule has 0 radical (unpaired) electrons. The van der Waals surface area contributed by atoms with Crippen molar-refractivity contribution in [3.63, 3.8) is 0 Å². The van der Waals surface area contributed by atoms with Gasteiger partial charge in [0.1, 0.15) is 0 Å². The number of nitrogens with one attached hydrogen (secondary N) is 1. The molecule has 2 aromatic rings. The highest BCUT2D eigenvalue weighted by Gasteiger charge is 2.13. The van der Waals surface area contributed by atoms with Gasteiger partial charge in [0.25, 0.3) is 0 Å². The van der Waals surface area contributed by atoms with Crippen LogP contribution in [0.4, 0.5) is 5.69 Å². The molecule has 2 N–H and O–H groups in total. The number of aromatic hydroxyl groups is 1. The van der Waals surface area contributed by atoms with Crippen molar-refractivity contribution in [1.82, 2.24) is 5.32 Å². The number of nitrogens with zero attached hydrogens (tertiary/aromatic N) is 1. The van der Waals surface area contributed by atoms with Gasteiger partial charge in [0.05, 0.1) is 4.92 Å². The topological polar surface area (TPSA) is 75.4 Å². The third kappa shape index (κ3) is 3.52. The molecule has 0 saturated heterocycles. The Balaban J connectivity index is 1.96. The molecule has 0 aliphatic carbocycles. The first-order chi connectivity index (χ1) is 9.06. The van der Waals surface area contributed by atoms with Crippen molar-refractivity contribution in [3.05, 3.63) is 55.8 Å². The molecule has 1 aromatic carbocycles. The largest absolute Gasteiger partial charge is 0.502 e. The van der Waals surface area contributed by atoms with Crippen LogP contribution in [0.25, 0.3) is 0 Å². The Labute approximate surface area is 114 Å². The van der Waals surface area contributed by atoms with Gasteiger partial charge in [-0.05, 0) is 30.7 Å². The minimum absolute atomic E-state index is 0.258. The summed E-state index contributed by atoms with van der Waals surface area (Å²) in [6, 6.07) is 8.54. The lowest BCUT2D eigenvalue weighted by molar-refractivity contribution is -0.385. The van der Waals surface area contributed by atoms with E-state index in [0.29, 0.717) is 6.54 Å². The van der Waals surface area contributed by atoms with Gasteiger partial charge in [0.15, 0.2) is 5.75 Å². The molecular weight excluding hydrogens is 264 g/mol. The lowest BCUT2D eigenvalue weighted by atomic mass is 10.2. The zero-order chi connectivity index (χ0) is 13.8. The molecular formula is C13H14N2O3S. The number of rotatable bonds is 5. The van der Waals surface area contributed by atoms with Crippen LogP contribution in [-0.2, 0) is 13.1 Å². The molecule has 5 nitrogen and oxygen atoms in total. The number of nitro benzene ring substituents is 1. The Morgan fingerprint density at radius 1 is 1.32 bits per heavy atom. The SMILES string of the molecule is Cc1ccc(CNCc2ccc(O)c([N+](=O)[O-])c2)s1. The van der Waals surface area contributed by atoms with Crippen LogP contribution in [0.5, 0.6) is 5.75 Å². The molecule has 0 spiro atoms. The number of benzene rings is 1. The van der Waals surface area contributed by atoms with Crippen molar-refractivity contribution in [1.29, 1.82) is 0 Å². The molecule has 0 atom stereocenters. The first kappa shape index (κ1) is 13.5. The standard InChI is InChI=1S/C13H14N2O3S/c1-9-2-4-11(19-9)8-14-7-10-3-5-13(16)12(6-10)15(17)18/h2-6,14,16H,7-8H2,1H3. The zero-order valence-electron chi connectivity index (χ0n) is 10.4. The van der Waals surface area contributed by atoms with Crippen LogP contribution in [0.3, 0.4) is 0 Å². The number of hydrogen-bond acceptors (Lipinski definition) is 5. The average molecular weight is 278 g/mol. The fourth-order valence-electron chi connectivity index (χ4n) is 1.74. The molecule has 2 rings (SSSR count). The van der Waals surface area contributed by atoms with Crippen molar-refractivity contribution < 1.29 is 10.0 Å². The molecule has 1 aromatic heterocycles. The van der Waals surface area contributed by atoms with Crippen molar-refractivity contribution in [3.8, 4) is 5.75 Å². The summed E-state index contributed by atoms with van der Waals surface area (Å²) < 4.78 is 0. The number of nitro groups is 1. The van der Waals surface area contributed by atoms with Crippen LogP contribution in [0.15, 0.2) is 30.3 Å². The molecule has 6 heteroatoms. The number of phenolic OH excluding ortho intramolecular Hbond substituents is 1. The molecule has 100 valence electrons. The Bertz CT molecular complexity index is 595. The minimum Gasteiger partial charge on any atom is -0.502 e. The predicted molar refractivity (Wildman–Crippen MR) is 74.4 cm³/mol. The number of aryl methyl sites for hydroxylation is 1. The van der Waals surface area contributed by atoms with Gasteiger partial charge in [-0.15, -0.1) is 11.3 Å². The normalized spacial score (nSPS) is 10.6. The highest BCUT2D eigenvalue weighted by atomic mass is 32.1. The maximum Gasteiger partial charge on any atom is 0.311 e. The van der Waals surface area contributed by atoms with E-state index in [-0.39, 0.29) is 11.4 Å². The van der Waals surface area contributed by atoms with Crippen molar-refractivity contribution >= 4 is 17.0 Å². The van der Waals surface area contributed by atoms with Gasteiger partial charge < -0.3 is 10.4 Å². The third-order valence-corrected chi connectivity index (χ3v) is 3.66. The lowest BCUT2D eigenvalue weighted by Crippen LogP contribution is -2.11. The summed E-state index contributed by atoms with van der Waals surface area (Å²) in [7, 11) is 0. The van der Waals surface area contributed by atoms with Crippen LogP contribution >= 0.6 is 11.3 Å². The van der Waals surface area contributed by atoms with E-state index in [1.165, 1.54) is 21.9 Å². The molecule has 0 unspecified atom stereocenters. The number of phenols is 1. The van der Waals surface area contributed by atoms with Crippen molar-refractivity contribution in [2.45, 2.75) is 20.0 Å². The Kier molecular flexibility index (Phi) is 4.13. The van der Waals surface area contributed by atoms with E-state index in [9.17, 15) is 15.2 Å². The van der Waals surface area contributed by atoms with E-state index >= 15 is 0 Å². The summed E-state index contributed by atoms with van der Waals surface area (Å²) in [6.45, 7) is 3.31. The smallest absolute Gasteiger partial charge is 0.311 e. The molecule has 0 saturated carbocycles. The third-order valence-electron chi connectivity index (χ3n) is 2.66. The van der Waals surface area contributed by atoms with E-state index in [1.807, 2.05) is 0 Å². The van der Waals surface area contributed by atoms with Crippen LogP contribution < -0.4 is 5.32 Å². The Morgan fingerprint density at radius 3 is 2.74 bits per heavy atom. The predicted octanol–water partition coefficient (Wildman–Crippen LogP) is 2.96. The summed E-state index contributed by atoms with van der Waals surface area (Å²) in [4.78, 5) is 12.6. The first-order valence-electron chi connectivity index (χ1n) is 5.78. The zero-order valence-corrected chi connectivity index (χ0v) is 11.2. The monoisotopic (exact) mass is 278 g/mol. The molecule has 19 heavy (non-hydrogen) atoms. The highest BCUT2D eigenvalue weighted by molar-refractivity contribution is 7.11.